The molecule has 2 aromatic rings. The van der Waals surface area contributed by atoms with Crippen LogP contribution in [0.15, 0.2) is 47.4 Å². The van der Waals surface area contributed by atoms with Gasteiger partial charge in [-0.2, -0.15) is 0 Å². The summed E-state index contributed by atoms with van der Waals surface area (Å²) in [5.74, 6) is -0.259. The zero-order valence-electron chi connectivity index (χ0n) is 17.6. The molecule has 1 aliphatic rings. The fourth-order valence-electron chi connectivity index (χ4n) is 3.26. The number of morpholine rings is 1. The van der Waals surface area contributed by atoms with E-state index in [1.54, 1.807) is 24.3 Å². The van der Waals surface area contributed by atoms with Crippen molar-refractivity contribution in [1.82, 2.24) is 9.62 Å². The van der Waals surface area contributed by atoms with Crippen molar-refractivity contribution in [3.8, 4) is 0 Å². The van der Waals surface area contributed by atoms with Gasteiger partial charge in [0.1, 0.15) is 0 Å². The number of benzene rings is 2. The highest BCUT2D eigenvalue weighted by Crippen LogP contribution is 2.29. The molecule has 0 radical (unpaired) electrons. The number of hydrogen-bond acceptors (Lipinski definition) is 6. The first kappa shape index (κ1) is 23.3. The molecule has 1 heterocycles. The van der Waals surface area contributed by atoms with Crippen molar-refractivity contribution in [2.45, 2.75) is 11.4 Å². The Hall–Kier alpha value is -2.33. The van der Waals surface area contributed by atoms with Crippen molar-refractivity contribution >= 4 is 38.9 Å². The smallest absolute Gasteiger partial charge is 0.242 e. The van der Waals surface area contributed by atoms with E-state index in [1.807, 2.05) is 12.1 Å². The lowest BCUT2D eigenvalue weighted by Gasteiger charge is -2.30. The Bertz CT molecular complexity index is 1020. The molecule has 8 nitrogen and oxygen atoms in total. The summed E-state index contributed by atoms with van der Waals surface area (Å²) in [5, 5.41) is 6.50. The molecule has 0 aromatic heterocycles. The second kappa shape index (κ2) is 10.3. The Balaban J connectivity index is 1.64. The molecule has 0 saturated carbocycles. The molecule has 31 heavy (non-hydrogen) atoms. The van der Waals surface area contributed by atoms with E-state index in [2.05, 4.69) is 15.5 Å². The summed E-state index contributed by atoms with van der Waals surface area (Å²) in [6.45, 7) is 2.96. The molecule has 0 spiro atoms. The summed E-state index contributed by atoms with van der Waals surface area (Å²) in [5.41, 5.74) is 2.25. The minimum absolute atomic E-state index is 0.0281. The molecule has 2 N–H and O–H groups in total. The van der Waals surface area contributed by atoms with E-state index in [9.17, 15) is 13.2 Å². The topological polar surface area (TPSA) is 91.0 Å². The molecule has 10 heteroatoms. The standard InChI is InChI=1S/C21H27ClN4O4S/c1-25(2)31(28,29)20-6-4-3-5-16(20)14-24-21(27)15-23-18-13-17(22)7-8-19(18)26-9-11-30-12-10-26/h3-8,13,23H,9-12,14-15H2,1-2H3,(H,24,27). The van der Waals surface area contributed by atoms with Crippen LogP contribution in [0, 0.1) is 0 Å². The Morgan fingerprint density at radius 2 is 1.87 bits per heavy atom. The number of anilines is 2. The van der Waals surface area contributed by atoms with Crippen molar-refractivity contribution in [3.63, 3.8) is 0 Å². The van der Waals surface area contributed by atoms with Crippen LogP contribution < -0.4 is 15.5 Å². The molecule has 1 amide bonds. The fourth-order valence-corrected chi connectivity index (χ4v) is 4.55. The molecule has 2 aromatic carbocycles. The average Bonchev–Trinajstić information content (AvgIpc) is 2.77. The first-order chi connectivity index (χ1) is 14.8. The van der Waals surface area contributed by atoms with E-state index in [4.69, 9.17) is 16.3 Å². The second-order valence-corrected chi connectivity index (χ2v) is 9.84. The number of ether oxygens (including phenoxy) is 1. The number of sulfonamides is 1. The van der Waals surface area contributed by atoms with Crippen LogP contribution in [-0.4, -0.2) is 65.6 Å². The first-order valence-electron chi connectivity index (χ1n) is 9.92. The molecule has 1 saturated heterocycles. The highest BCUT2D eigenvalue weighted by atomic mass is 35.5. The van der Waals surface area contributed by atoms with E-state index < -0.39 is 10.0 Å². The van der Waals surface area contributed by atoms with Crippen molar-refractivity contribution in [2.24, 2.45) is 0 Å². The SMILES string of the molecule is CN(C)S(=O)(=O)c1ccccc1CNC(=O)CNc1cc(Cl)ccc1N1CCOCC1. The Morgan fingerprint density at radius 1 is 1.16 bits per heavy atom. The van der Waals surface area contributed by atoms with Crippen LogP contribution in [0.4, 0.5) is 11.4 Å². The van der Waals surface area contributed by atoms with Gasteiger partial charge >= 0.3 is 0 Å². The van der Waals surface area contributed by atoms with Crippen LogP contribution in [0.25, 0.3) is 0 Å². The predicted molar refractivity (Wildman–Crippen MR) is 122 cm³/mol. The molecule has 1 fully saturated rings. The first-order valence-corrected chi connectivity index (χ1v) is 11.7. The molecular formula is C21H27ClN4O4S. The van der Waals surface area contributed by atoms with Crippen molar-refractivity contribution in [2.75, 3.05) is 57.2 Å². The molecule has 0 unspecified atom stereocenters. The summed E-state index contributed by atoms with van der Waals surface area (Å²) in [7, 11) is -0.642. The molecule has 168 valence electrons. The summed E-state index contributed by atoms with van der Waals surface area (Å²) in [6.07, 6.45) is 0. The van der Waals surface area contributed by atoms with Crippen LogP contribution in [0.2, 0.25) is 5.02 Å². The Kier molecular flexibility index (Phi) is 7.77. The molecule has 3 rings (SSSR count). The van der Waals surface area contributed by atoms with E-state index in [1.165, 1.54) is 20.2 Å². The predicted octanol–water partition coefficient (Wildman–Crippen LogP) is 2.16. The van der Waals surface area contributed by atoms with E-state index >= 15 is 0 Å². The maximum absolute atomic E-state index is 12.5. The van der Waals surface area contributed by atoms with Gasteiger partial charge in [0.25, 0.3) is 0 Å². The molecule has 0 atom stereocenters. The van der Waals surface area contributed by atoms with Crippen LogP contribution >= 0.6 is 11.6 Å². The third-order valence-electron chi connectivity index (χ3n) is 4.96. The van der Waals surface area contributed by atoms with Gasteiger partial charge in [0.2, 0.25) is 15.9 Å². The molecule has 0 bridgehead atoms. The van der Waals surface area contributed by atoms with Gasteiger partial charge in [-0.3, -0.25) is 4.79 Å². The number of amides is 1. The van der Waals surface area contributed by atoms with Crippen LogP contribution in [-0.2, 0) is 26.1 Å². The van der Waals surface area contributed by atoms with E-state index in [0.29, 0.717) is 23.8 Å². The fraction of sp³-hybridized carbons (Fsp3) is 0.381. The van der Waals surface area contributed by atoms with Crippen molar-refractivity contribution in [3.05, 3.63) is 53.1 Å². The van der Waals surface area contributed by atoms with Gasteiger partial charge in [0, 0.05) is 38.8 Å². The lowest BCUT2D eigenvalue weighted by atomic mass is 10.2. The zero-order valence-corrected chi connectivity index (χ0v) is 19.2. The number of carbonyl (C=O) groups excluding carboxylic acids is 1. The minimum Gasteiger partial charge on any atom is -0.378 e. The zero-order chi connectivity index (χ0) is 22.4. The second-order valence-electron chi connectivity index (χ2n) is 7.29. The van der Waals surface area contributed by atoms with Gasteiger partial charge in [-0.05, 0) is 29.8 Å². The molecule has 0 aliphatic carbocycles. The van der Waals surface area contributed by atoms with Gasteiger partial charge in [-0.15, -0.1) is 0 Å². The van der Waals surface area contributed by atoms with Gasteiger partial charge in [0.15, 0.2) is 0 Å². The van der Waals surface area contributed by atoms with Gasteiger partial charge in [-0.1, -0.05) is 29.8 Å². The Labute approximate surface area is 188 Å². The number of nitrogens with zero attached hydrogens (tertiary/aromatic N) is 2. The van der Waals surface area contributed by atoms with Crippen LogP contribution in [0.5, 0.6) is 0 Å². The minimum atomic E-state index is -3.60. The lowest BCUT2D eigenvalue weighted by molar-refractivity contribution is -0.119. The number of nitrogens with one attached hydrogen (secondary N) is 2. The largest absolute Gasteiger partial charge is 0.378 e. The number of halogens is 1. The molecule has 1 aliphatic heterocycles. The van der Waals surface area contributed by atoms with Crippen molar-refractivity contribution in [1.29, 1.82) is 0 Å². The number of rotatable bonds is 8. The normalized spacial score (nSPS) is 14.5. The van der Waals surface area contributed by atoms with E-state index in [-0.39, 0.29) is 23.9 Å². The van der Waals surface area contributed by atoms with Gasteiger partial charge < -0.3 is 20.3 Å². The maximum Gasteiger partial charge on any atom is 0.242 e. The highest BCUT2D eigenvalue weighted by molar-refractivity contribution is 7.89. The highest BCUT2D eigenvalue weighted by Gasteiger charge is 2.21. The van der Waals surface area contributed by atoms with Crippen LogP contribution in [0.3, 0.4) is 0 Å². The average molecular weight is 467 g/mol. The van der Waals surface area contributed by atoms with Gasteiger partial charge in [0.05, 0.1) is 36.0 Å². The van der Waals surface area contributed by atoms with Crippen LogP contribution in [0.1, 0.15) is 5.56 Å². The van der Waals surface area contributed by atoms with Crippen molar-refractivity contribution < 1.29 is 17.9 Å². The van der Waals surface area contributed by atoms with Gasteiger partial charge in [-0.25, -0.2) is 12.7 Å². The van der Waals surface area contributed by atoms with E-state index in [0.717, 1.165) is 28.8 Å². The third-order valence-corrected chi connectivity index (χ3v) is 7.11. The number of carbonyl (C=O) groups is 1. The summed E-state index contributed by atoms with van der Waals surface area (Å²) >= 11 is 6.15. The quantitative estimate of drug-likeness (QED) is 0.619. The number of hydrogen-bond donors (Lipinski definition) is 2. The maximum atomic E-state index is 12.5. The monoisotopic (exact) mass is 466 g/mol. The third kappa shape index (κ3) is 5.88. The summed E-state index contributed by atoms with van der Waals surface area (Å²) < 4.78 is 31.6. The Morgan fingerprint density at radius 3 is 2.58 bits per heavy atom. The lowest BCUT2D eigenvalue weighted by Crippen LogP contribution is -2.37. The molecular weight excluding hydrogens is 440 g/mol. The summed E-state index contributed by atoms with van der Waals surface area (Å²) in [4.78, 5) is 14.8. The summed E-state index contributed by atoms with van der Waals surface area (Å²) in [6, 6.07) is 12.2.